The summed E-state index contributed by atoms with van der Waals surface area (Å²) in [5.41, 5.74) is 0.662. The van der Waals surface area contributed by atoms with E-state index in [2.05, 4.69) is 27.4 Å². The molecule has 0 spiro atoms. The number of ether oxygens (including phenoxy) is 1. The number of nitrogens with zero attached hydrogens (tertiary/aromatic N) is 4. The lowest BCUT2D eigenvalue weighted by Crippen LogP contribution is -2.07. The molecule has 1 heterocycles. The first-order chi connectivity index (χ1) is 13.1. The number of aromatic nitrogens is 4. The van der Waals surface area contributed by atoms with E-state index < -0.39 is 11.8 Å². The smallest absolute Gasteiger partial charge is 0.342 e. The molecular weight excluding hydrogens is 391 g/mol. The molecule has 27 heavy (non-hydrogen) atoms. The molecule has 0 atom stereocenters. The molecule has 0 amide bonds. The highest BCUT2D eigenvalue weighted by molar-refractivity contribution is 7.99. The van der Waals surface area contributed by atoms with Crippen molar-refractivity contribution in [3.05, 3.63) is 64.9 Å². The van der Waals surface area contributed by atoms with Crippen LogP contribution in [0.5, 0.6) is 0 Å². The van der Waals surface area contributed by atoms with Crippen LogP contribution in [0.15, 0.2) is 53.7 Å². The summed E-state index contributed by atoms with van der Waals surface area (Å²) >= 11 is 7.20. The van der Waals surface area contributed by atoms with Gasteiger partial charge < -0.3 is 4.74 Å². The van der Waals surface area contributed by atoms with Crippen molar-refractivity contribution < 1.29 is 13.9 Å². The van der Waals surface area contributed by atoms with Crippen LogP contribution in [0.3, 0.4) is 0 Å². The van der Waals surface area contributed by atoms with Crippen LogP contribution in [0.1, 0.15) is 10.4 Å². The monoisotopic (exact) mass is 402 g/mol. The zero-order valence-corrected chi connectivity index (χ0v) is 15.4. The minimum atomic E-state index is -0.748. The van der Waals surface area contributed by atoms with Crippen molar-refractivity contribution in [3.8, 4) is 17.5 Å². The molecule has 0 fully saturated rings. The van der Waals surface area contributed by atoms with E-state index in [-0.39, 0.29) is 12.2 Å². The summed E-state index contributed by atoms with van der Waals surface area (Å²) < 4.78 is 20.0. The van der Waals surface area contributed by atoms with Crippen molar-refractivity contribution in [2.45, 2.75) is 5.16 Å². The van der Waals surface area contributed by atoms with Gasteiger partial charge in [0, 0.05) is 5.02 Å². The number of hydrogen-bond acceptors (Lipinski definition) is 6. The number of hydrogen-bond donors (Lipinski definition) is 0. The van der Waals surface area contributed by atoms with Gasteiger partial charge in [0.1, 0.15) is 5.82 Å². The zero-order chi connectivity index (χ0) is 19.1. The predicted octanol–water partition coefficient (Wildman–Crippen LogP) is 3.41. The number of benzene rings is 2. The van der Waals surface area contributed by atoms with Crippen LogP contribution in [0, 0.1) is 17.7 Å². The van der Waals surface area contributed by atoms with Crippen molar-refractivity contribution in [1.82, 2.24) is 20.2 Å². The average molecular weight is 403 g/mol. The minimum absolute atomic E-state index is 0.115. The van der Waals surface area contributed by atoms with Crippen molar-refractivity contribution in [1.29, 1.82) is 0 Å². The standard InChI is InChI=1S/C18H12ClFN4O2S/c19-13-7-9-14(10-8-13)24-18(21-22-23-24)27-12-4-3-11-26-17(25)15-5-1-2-6-16(15)20/h1-2,5-10H,11-12H2. The number of carbonyl (C=O) groups excluding carboxylic acids is 1. The zero-order valence-electron chi connectivity index (χ0n) is 13.8. The second-order valence-electron chi connectivity index (χ2n) is 5.05. The van der Waals surface area contributed by atoms with Crippen molar-refractivity contribution in [2.75, 3.05) is 12.4 Å². The van der Waals surface area contributed by atoms with Gasteiger partial charge in [0.05, 0.1) is 17.0 Å². The third kappa shape index (κ3) is 5.06. The fourth-order valence-electron chi connectivity index (χ4n) is 2.02. The lowest BCUT2D eigenvalue weighted by Gasteiger charge is -2.02. The second-order valence-corrected chi connectivity index (χ2v) is 6.43. The summed E-state index contributed by atoms with van der Waals surface area (Å²) in [7, 11) is 0. The molecule has 0 saturated carbocycles. The van der Waals surface area contributed by atoms with Crippen LogP contribution < -0.4 is 0 Å². The molecule has 1 aromatic heterocycles. The summed E-state index contributed by atoms with van der Waals surface area (Å²) in [5.74, 6) is 4.57. The highest BCUT2D eigenvalue weighted by Crippen LogP contribution is 2.19. The highest BCUT2D eigenvalue weighted by Gasteiger charge is 2.11. The molecule has 0 bridgehead atoms. The van der Waals surface area contributed by atoms with Gasteiger partial charge in [0.15, 0.2) is 6.61 Å². The van der Waals surface area contributed by atoms with Gasteiger partial charge in [-0.05, 0) is 46.8 Å². The quantitative estimate of drug-likeness (QED) is 0.370. The third-order valence-electron chi connectivity index (χ3n) is 3.28. The van der Waals surface area contributed by atoms with Gasteiger partial charge in [0.25, 0.3) is 0 Å². The Kier molecular flexibility index (Phi) is 6.41. The Labute approximate surface area is 163 Å². The first-order valence-corrected chi connectivity index (χ1v) is 9.06. The van der Waals surface area contributed by atoms with Gasteiger partial charge in [-0.2, -0.15) is 4.68 Å². The van der Waals surface area contributed by atoms with Gasteiger partial charge in [0.2, 0.25) is 5.16 Å². The Hall–Kier alpha value is -2.89. The first-order valence-electron chi connectivity index (χ1n) is 7.69. The van der Waals surface area contributed by atoms with E-state index >= 15 is 0 Å². The molecule has 2 aromatic carbocycles. The Morgan fingerprint density at radius 2 is 1.96 bits per heavy atom. The van der Waals surface area contributed by atoms with E-state index in [1.165, 1.54) is 30.0 Å². The summed E-state index contributed by atoms with van der Waals surface area (Å²) in [5, 5.41) is 12.7. The minimum Gasteiger partial charge on any atom is -0.449 e. The summed E-state index contributed by atoms with van der Waals surface area (Å²) in [4.78, 5) is 11.7. The number of esters is 1. The predicted molar refractivity (Wildman–Crippen MR) is 99.3 cm³/mol. The molecule has 6 nitrogen and oxygen atoms in total. The lowest BCUT2D eigenvalue weighted by atomic mass is 10.2. The summed E-state index contributed by atoms with van der Waals surface area (Å²) in [6.07, 6.45) is 0. The van der Waals surface area contributed by atoms with Crippen molar-refractivity contribution in [2.24, 2.45) is 0 Å². The molecule has 3 aromatic rings. The maximum absolute atomic E-state index is 13.5. The van der Waals surface area contributed by atoms with Crippen LogP contribution >= 0.6 is 23.4 Å². The van der Waals surface area contributed by atoms with E-state index in [1.54, 1.807) is 35.0 Å². The average Bonchev–Trinajstić information content (AvgIpc) is 3.14. The van der Waals surface area contributed by atoms with Crippen LogP contribution in [0.2, 0.25) is 5.02 Å². The van der Waals surface area contributed by atoms with Crippen molar-refractivity contribution >= 4 is 29.3 Å². The summed E-state index contributed by atoms with van der Waals surface area (Å²) in [6.45, 7) is -0.129. The molecule has 0 aliphatic carbocycles. The number of halogens is 2. The maximum atomic E-state index is 13.5. The lowest BCUT2D eigenvalue weighted by molar-refractivity contribution is 0.0551. The number of rotatable bonds is 5. The Morgan fingerprint density at radius 1 is 1.19 bits per heavy atom. The molecule has 3 rings (SSSR count). The first kappa shape index (κ1) is 18.9. The number of thioether (sulfide) groups is 1. The molecule has 0 saturated heterocycles. The van der Waals surface area contributed by atoms with Crippen molar-refractivity contribution in [3.63, 3.8) is 0 Å². The molecule has 0 aliphatic rings. The fraction of sp³-hybridized carbons (Fsp3) is 0.111. The highest BCUT2D eigenvalue weighted by atomic mass is 35.5. The second kappa shape index (κ2) is 9.16. The van der Waals surface area contributed by atoms with Gasteiger partial charge in [-0.1, -0.05) is 47.3 Å². The molecule has 0 radical (unpaired) electrons. The van der Waals surface area contributed by atoms with Crippen LogP contribution in [0.4, 0.5) is 4.39 Å². The molecule has 0 aliphatic heterocycles. The van der Waals surface area contributed by atoms with E-state index in [1.807, 2.05) is 0 Å². The Balaban J connectivity index is 1.50. The summed E-state index contributed by atoms with van der Waals surface area (Å²) in [6, 6.07) is 12.7. The van der Waals surface area contributed by atoms with Gasteiger partial charge in [-0.25, -0.2) is 9.18 Å². The fourth-order valence-corrected chi connectivity index (χ4v) is 2.81. The molecule has 9 heteroatoms. The van der Waals surface area contributed by atoms with Crippen LogP contribution in [0.25, 0.3) is 5.69 Å². The maximum Gasteiger partial charge on any atom is 0.342 e. The van der Waals surface area contributed by atoms with Crippen LogP contribution in [-0.4, -0.2) is 38.5 Å². The molecular formula is C18H12ClFN4O2S. The third-order valence-corrected chi connectivity index (χ3v) is 4.33. The number of carbonyl (C=O) groups is 1. The number of tetrazole rings is 1. The van der Waals surface area contributed by atoms with E-state index in [9.17, 15) is 9.18 Å². The topological polar surface area (TPSA) is 69.9 Å². The molecule has 136 valence electrons. The van der Waals surface area contributed by atoms with Gasteiger partial charge >= 0.3 is 5.97 Å². The van der Waals surface area contributed by atoms with E-state index in [0.29, 0.717) is 15.9 Å². The Morgan fingerprint density at radius 3 is 2.74 bits per heavy atom. The molecule has 0 N–H and O–H groups in total. The van der Waals surface area contributed by atoms with Crippen LogP contribution in [-0.2, 0) is 4.74 Å². The SMILES string of the molecule is O=C(OCC#CCSc1nnnn1-c1ccc(Cl)cc1)c1ccccc1F. The Bertz CT molecular complexity index is 998. The van der Waals surface area contributed by atoms with Gasteiger partial charge in [-0.3, -0.25) is 0 Å². The van der Waals surface area contributed by atoms with E-state index in [0.717, 1.165) is 5.69 Å². The van der Waals surface area contributed by atoms with Gasteiger partial charge in [-0.15, -0.1) is 5.10 Å². The normalized spacial score (nSPS) is 10.1. The molecule has 0 unspecified atom stereocenters. The largest absolute Gasteiger partial charge is 0.449 e. The van der Waals surface area contributed by atoms with E-state index in [4.69, 9.17) is 16.3 Å².